The molecule has 2 rings (SSSR count). The van der Waals surface area contributed by atoms with E-state index in [2.05, 4.69) is 0 Å². The molecule has 1 fully saturated rings. The maximum atomic E-state index is 12.2. The van der Waals surface area contributed by atoms with Crippen LogP contribution in [0.4, 0.5) is 0 Å². The molecule has 0 unspecified atom stereocenters. The molecule has 0 bridgehead atoms. The van der Waals surface area contributed by atoms with Crippen LogP contribution in [0.15, 0.2) is 18.2 Å². The standard InChI is InChI=1S/C18H23NO6/c1-12-4-5-15(23-2)14(10-12)18(22)25-11-16(20)19-8-6-13(7-9-19)17(21)24-3/h4-5,10,13H,6-9,11H2,1-3H3. The highest BCUT2D eigenvalue weighted by Crippen LogP contribution is 2.21. The Kier molecular flexibility index (Phi) is 6.38. The minimum Gasteiger partial charge on any atom is -0.496 e. The highest BCUT2D eigenvalue weighted by molar-refractivity contribution is 5.94. The van der Waals surface area contributed by atoms with Gasteiger partial charge in [0.15, 0.2) is 6.61 Å². The zero-order chi connectivity index (χ0) is 18.4. The van der Waals surface area contributed by atoms with Crippen molar-refractivity contribution in [1.82, 2.24) is 4.90 Å². The van der Waals surface area contributed by atoms with Gasteiger partial charge < -0.3 is 19.1 Å². The average Bonchev–Trinajstić information content (AvgIpc) is 2.65. The van der Waals surface area contributed by atoms with E-state index >= 15 is 0 Å². The van der Waals surface area contributed by atoms with Crippen molar-refractivity contribution in [2.24, 2.45) is 5.92 Å². The summed E-state index contributed by atoms with van der Waals surface area (Å²) < 4.78 is 15.0. The first kappa shape index (κ1) is 18.8. The first-order valence-electron chi connectivity index (χ1n) is 8.13. The minimum absolute atomic E-state index is 0.173. The molecule has 0 radical (unpaired) electrons. The van der Waals surface area contributed by atoms with Gasteiger partial charge in [0, 0.05) is 13.1 Å². The van der Waals surface area contributed by atoms with Crippen molar-refractivity contribution in [3.05, 3.63) is 29.3 Å². The third-order valence-electron chi connectivity index (χ3n) is 4.28. The summed E-state index contributed by atoms with van der Waals surface area (Å²) in [5.74, 6) is -0.887. The van der Waals surface area contributed by atoms with Crippen LogP contribution in [-0.4, -0.2) is 56.7 Å². The summed E-state index contributed by atoms with van der Waals surface area (Å²) in [6.07, 6.45) is 1.11. The number of rotatable bonds is 5. The largest absolute Gasteiger partial charge is 0.496 e. The van der Waals surface area contributed by atoms with Crippen LogP contribution in [0.25, 0.3) is 0 Å². The Hall–Kier alpha value is -2.57. The molecule has 1 aliphatic heterocycles. The Labute approximate surface area is 146 Å². The second-order valence-electron chi connectivity index (χ2n) is 5.96. The number of piperidine rings is 1. The molecule has 7 nitrogen and oxygen atoms in total. The van der Waals surface area contributed by atoms with Gasteiger partial charge in [0.2, 0.25) is 0 Å². The Morgan fingerprint density at radius 1 is 1.16 bits per heavy atom. The van der Waals surface area contributed by atoms with Gasteiger partial charge in [0.25, 0.3) is 5.91 Å². The van der Waals surface area contributed by atoms with Gasteiger partial charge in [-0.1, -0.05) is 11.6 Å². The van der Waals surface area contributed by atoms with Gasteiger partial charge in [-0.05, 0) is 31.9 Å². The van der Waals surface area contributed by atoms with E-state index in [-0.39, 0.29) is 24.4 Å². The predicted octanol–water partition coefficient (Wildman–Crippen LogP) is 1.57. The third-order valence-corrected chi connectivity index (χ3v) is 4.28. The Balaban J connectivity index is 1.87. The SMILES string of the molecule is COC(=O)C1CCN(C(=O)COC(=O)c2cc(C)ccc2OC)CC1. The number of ether oxygens (including phenoxy) is 3. The van der Waals surface area contributed by atoms with Crippen molar-refractivity contribution in [1.29, 1.82) is 0 Å². The van der Waals surface area contributed by atoms with Crippen molar-refractivity contribution in [2.75, 3.05) is 33.9 Å². The fraction of sp³-hybridized carbons (Fsp3) is 0.500. The van der Waals surface area contributed by atoms with Crippen molar-refractivity contribution >= 4 is 17.8 Å². The van der Waals surface area contributed by atoms with E-state index in [9.17, 15) is 14.4 Å². The second kappa shape index (κ2) is 8.50. The van der Waals surface area contributed by atoms with E-state index in [0.29, 0.717) is 37.2 Å². The van der Waals surface area contributed by atoms with Crippen LogP contribution in [0.2, 0.25) is 0 Å². The smallest absolute Gasteiger partial charge is 0.342 e. The zero-order valence-corrected chi connectivity index (χ0v) is 14.7. The molecule has 1 aromatic rings. The number of carbonyl (C=O) groups excluding carboxylic acids is 3. The third kappa shape index (κ3) is 4.71. The number of methoxy groups -OCH3 is 2. The maximum Gasteiger partial charge on any atom is 0.342 e. The van der Waals surface area contributed by atoms with Gasteiger partial charge in [0.1, 0.15) is 11.3 Å². The zero-order valence-electron chi connectivity index (χ0n) is 14.7. The van der Waals surface area contributed by atoms with E-state index < -0.39 is 5.97 Å². The molecule has 136 valence electrons. The monoisotopic (exact) mass is 349 g/mol. The Morgan fingerprint density at radius 2 is 1.84 bits per heavy atom. The van der Waals surface area contributed by atoms with Gasteiger partial charge in [-0.15, -0.1) is 0 Å². The van der Waals surface area contributed by atoms with Crippen molar-refractivity contribution < 1.29 is 28.6 Å². The number of hydrogen-bond donors (Lipinski definition) is 0. The number of nitrogens with zero attached hydrogens (tertiary/aromatic N) is 1. The molecule has 0 saturated carbocycles. The van der Waals surface area contributed by atoms with E-state index in [0.717, 1.165) is 5.56 Å². The first-order chi connectivity index (χ1) is 12.0. The lowest BCUT2D eigenvalue weighted by Gasteiger charge is -2.30. The second-order valence-corrected chi connectivity index (χ2v) is 5.96. The van der Waals surface area contributed by atoms with Crippen LogP contribution >= 0.6 is 0 Å². The molecule has 25 heavy (non-hydrogen) atoms. The molecule has 1 heterocycles. The van der Waals surface area contributed by atoms with Crippen LogP contribution in [0.1, 0.15) is 28.8 Å². The van der Waals surface area contributed by atoms with Gasteiger partial charge in [0.05, 0.1) is 20.1 Å². The van der Waals surface area contributed by atoms with Crippen LogP contribution in [0.3, 0.4) is 0 Å². The topological polar surface area (TPSA) is 82.1 Å². The summed E-state index contributed by atoms with van der Waals surface area (Å²) in [5, 5.41) is 0. The molecule has 0 atom stereocenters. The summed E-state index contributed by atoms with van der Waals surface area (Å²) in [6, 6.07) is 5.17. The summed E-state index contributed by atoms with van der Waals surface area (Å²) in [4.78, 5) is 37.5. The highest BCUT2D eigenvalue weighted by Gasteiger charge is 2.28. The highest BCUT2D eigenvalue weighted by atomic mass is 16.5. The van der Waals surface area contributed by atoms with Crippen LogP contribution in [0.5, 0.6) is 5.75 Å². The number of benzene rings is 1. The first-order valence-corrected chi connectivity index (χ1v) is 8.13. The molecular formula is C18H23NO6. The Bertz CT molecular complexity index is 649. The van der Waals surface area contributed by atoms with Crippen molar-refractivity contribution in [3.8, 4) is 5.75 Å². The molecule has 7 heteroatoms. The quantitative estimate of drug-likeness (QED) is 0.751. The number of aryl methyl sites for hydroxylation is 1. The lowest BCUT2D eigenvalue weighted by molar-refractivity contribution is -0.149. The Morgan fingerprint density at radius 3 is 2.44 bits per heavy atom. The fourth-order valence-corrected chi connectivity index (χ4v) is 2.81. The average molecular weight is 349 g/mol. The van der Waals surface area contributed by atoms with E-state index in [1.165, 1.54) is 14.2 Å². The van der Waals surface area contributed by atoms with E-state index in [4.69, 9.17) is 14.2 Å². The van der Waals surface area contributed by atoms with Crippen LogP contribution in [-0.2, 0) is 19.1 Å². The summed E-state index contributed by atoms with van der Waals surface area (Å²) in [6.45, 7) is 2.42. The number of likely N-dealkylation sites (tertiary alicyclic amines) is 1. The number of hydrogen-bond acceptors (Lipinski definition) is 6. The van der Waals surface area contributed by atoms with Crippen LogP contribution in [0, 0.1) is 12.8 Å². The molecule has 1 saturated heterocycles. The normalized spacial score (nSPS) is 14.8. The summed E-state index contributed by atoms with van der Waals surface area (Å²) in [5.41, 5.74) is 1.18. The number of carbonyl (C=O) groups is 3. The van der Waals surface area contributed by atoms with E-state index in [1.807, 2.05) is 13.0 Å². The molecule has 1 aliphatic rings. The molecule has 1 amide bonds. The van der Waals surface area contributed by atoms with E-state index in [1.54, 1.807) is 17.0 Å². The predicted molar refractivity (Wildman–Crippen MR) is 89.3 cm³/mol. The number of amides is 1. The molecule has 0 spiro atoms. The van der Waals surface area contributed by atoms with Crippen molar-refractivity contribution in [2.45, 2.75) is 19.8 Å². The minimum atomic E-state index is -0.599. The molecule has 0 aromatic heterocycles. The lowest BCUT2D eigenvalue weighted by Crippen LogP contribution is -2.42. The molecular weight excluding hydrogens is 326 g/mol. The summed E-state index contributed by atoms with van der Waals surface area (Å²) >= 11 is 0. The molecule has 0 aliphatic carbocycles. The van der Waals surface area contributed by atoms with Gasteiger partial charge in [-0.25, -0.2) is 4.79 Å². The molecule has 1 aromatic carbocycles. The van der Waals surface area contributed by atoms with Crippen molar-refractivity contribution in [3.63, 3.8) is 0 Å². The molecule has 0 N–H and O–H groups in total. The number of esters is 2. The summed E-state index contributed by atoms with van der Waals surface area (Å²) in [7, 11) is 2.83. The fourth-order valence-electron chi connectivity index (χ4n) is 2.81. The maximum absolute atomic E-state index is 12.2. The van der Waals surface area contributed by atoms with Gasteiger partial charge in [-0.3, -0.25) is 9.59 Å². The van der Waals surface area contributed by atoms with Gasteiger partial charge in [-0.2, -0.15) is 0 Å². The van der Waals surface area contributed by atoms with Crippen LogP contribution < -0.4 is 4.74 Å². The van der Waals surface area contributed by atoms with Gasteiger partial charge >= 0.3 is 11.9 Å². The lowest BCUT2D eigenvalue weighted by atomic mass is 9.97.